The maximum atomic E-state index is 12.1. The molecule has 0 bridgehead atoms. The van der Waals surface area contributed by atoms with Gasteiger partial charge in [0.25, 0.3) is 0 Å². The van der Waals surface area contributed by atoms with Gasteiger partial charge in [0, 0.05) is 12.1 Å². The molecule has 16 N–H and O–H groups in total. The molecule has 18 heteroatoms. The maximum absolute atomic E-state index is 12.1. The van der Waals surface area contributed by atoms with Crippen LogP contribution in [0.15, 0.2) is 0 Å². The van der Waals surface area contributed by atoms with Gasteiger partial charge in [0.1, 0.15) is 42.7 Å². The highest BCUT2D eigenvalue weighted by molar-refractivity contribution is 5.81. The van der Waals surface area contributed by atoms with Gasteiger partial charge in [-0.1, -0.05) is 0 Å². The molecular formula is C24H46N6O12. The lowest BCUT2D eigenvalue weighted by Gasteiger charge is -2.51. The smallest absolute Gasteiger partial charge is 0.237 e. The minimum absolute atomic E-state index is 0.115. The lowest BCUT2D eigenvalue weighted by atomic mass is 9.84. The molecular weight excluding hydrogens is 564 g/mol. The molecule has 1 saturated carbocycles. The summed E-state index contributed by atoms with van der Waals surface area (Å²) in [7, 11) is 1.53. The van der Waals surface area contributed by atoms with Crippen molar-refractivity contribution < 1.29 is 59.1 Å². The molecule has 0 aromatic rings. The lowest BCUT2D eigenvalue weighted by molar-refractivity contribution is -0.373. The fourth-order valence-electron chi connectivity index (χ4n) is 5.90. The second kappa shape index (κ2) is 13.9. The molecule has 3 aliphatic heterocycles. The van der Waals surface area contributed by atoms with Gasteiger partial charge in [-0.2, -0.15) is 0 Å². The summed E-state index contributed by atoms with van der Waals surface area (Å²) in [5.74, 6) is -0.622. The van der Waals surface area contributed by atoms with Gasteiger partial charge >= 0.3 is 0 Å². The Kier molecular flexibility index (Phi) is 11.1. The predicted octanol–water partition coefficient (Wildman–Crippen LogP) is -7.44. The number of hydrogen-bond donors (Lipinski definition) is 12. The van der Waals surface area contributed by atoms with Crippen LogP contribution >= 0.6 is 0 Å². The Morgan fingerprint density at radius 3 is 2.14 bits per heavy atom. The summed E-state index contributed by atoms with van der Waals surface area (Å²) in [4.78, 5) is 12.1. The van der Waals surface area contributed by atoms with Crippen molar-refractivity contribution in [3.8, 4) is 0 Å². The number of aliphatic hydroxyl groups is 6. The standard InChI is InChI=1S/C24H46N6O12/c1-6(25)21(37)30-12-11(5-31)39-24(18(36)15(12)33)42-23-13(29-2)16(34)20-10(38-23)4-9(28)22(41-20)40-19-8(27)3-7(26)14(32)17(19)35/h6-20,22-24,29,31-36H,3-5,25-28H2,1-2H3,(H,30,37)/t6-,7-,8?,9?,10+,11?,12-,13?,14?,15-,16?,17-,18?,19+,20?,22+,23?,24-/m1/s1. The summed E-state index contributed by atoms with van der Waals surface area (Å²) in [6, 6.07) is -5.26. The highest BCUT2D eigenvalue weighted by atomic mass is 16.8. The third-order valence-electron chi connectivity index (χ3n) is 8.41. The third-order valence-corrected chi connectivity index (χ3v) is 8.41. The Labute approximate surface area is 242 Å². The Bertz CT molecular complexity index is 906. The van der Waals surface area contributed by atoms with Crippen LogP contribution in [0.2, 0.25) is 0 Å². The second-order valence-corrected chi connectivity index (χ2v) is 11.5. The molecule has 18 nitrogen and oxygen atoms in total. The van der Waals surface area contributed by atoms with Crippen LogP contribution in [0.3, 0.4) is 0 Å². The topological polar surface area (TPSA) is 313 Å². The van der Waals surface area contributed by atoms with Gasteiger partial charge in [0.05, 0.1) is 43.0 Å². The van der Waals surface area contributed by atoms with E-state index in [1.54, 1.807) is 0 Å². The lowest BCUT2D eigenvalue weighted by Crippen LogP contribution is -2.70. The largest absolute Gasteiger partial charge is 0.394 e. The van der Waals surface area contributed by atoms with Crippen molar-refractivity contribution in [3.63, 3.8) is 0 Å². The van der Waals surface area contributed by atoms with Gasteiger partial charge in [0.15, 0.2) is 18.9 Å². The predicted molar refractivity (Wildman–Crippen MR) is 141 cm³/mol. The molecule has 3 heterocycles. The number of amides is 1. The molecule has 3 saturated heterocycles. The number of aliphatic hydroxyl groups excluding tert-OH is 6. The van der Waals surface area contributed by atoms with Crippen LogP contribution in [0.25, 0.3) is 0 Å². The first kappa shape index (κ1) is 33.7. The van der Waals surface area contributed by atoms with E-state index in [0.29, 0.717) is 0 Å². The number of fused-ring (bicyclic) bond motifs is 1. The first-order chi connectivity index (χ1) is 19.8. The molecule has 4 rings (SSSR count). The van der Waals surface area contributed by atoms with E-state index in [2.05, 4.69) is 10.6 Å². The molecule has 1 amide bonds. The maximum Gasteiger partial charge on any atom is 0.237 e. The quantitative estimate of drug-likeness (QED) is 0.121. The number of carbonyl (C=O) groups is 1. The van der Waals surface area contributed by atoms with Gasteiger partial charge in [-0.3, -0.25) is 4.79 Å². The van der Waals surface area contributed by atoms with E-state index in [0.717, 1.165) is 0 Å². The average molecular weight is 611 g/mol. The van der Waals surface area contributed by atoms with Crippen LogP contribution in [0, 0.1) is 0 Å². The fraction of sp³-hybridized carbons (Fsp3) is 0.958. The molecule has 0 spiro atoms. The normalized spacial score (nSPS) is 50.5. The number of carbonyl (C=O) groups excluding carboxylic acids is 1. The average Bonchev–Trinajstić information content (AvgIpc) is 2.94. The van der Waals surface area contributed by atoms with E-state index in [-0.39, 0.29) is 12.8 Å². The van der Waals surface area contributed by atoms with Crippen LogP contribution < -0.4 is 33.6 Å². The first-order valence-electron chi connectivity index (χ1n) is 14.1. The molecule has 18 atom stereocenters. The van der Waals surface area contributed by atoms with Crippen molar-refractivity contribution in [2.45, 2.75) is 130 Å². The van der Waals surface area contributed by atoms with Gasteiger partial charge in [-0.05, 0) is 26.8 Å². The van der Waals surface area contributed by atoms with Crippen LogP contribution in [0.1, 0.15) is 19.8 Å². The molecule has 9 unspecified atom stereocenters. The van der Waals surface area contributed by atoms with Gasteiger partial charge < -0.3 is 87.9 Å². The Morgan fingerprint density at radius 1 is 0.833 bits per heavy atom. The third kappa shape index (κ3) is 6.74. The highest BCUT2D eigenvalue weighted by Crippen LogP contribution is 2.35. The summed E-state index contributed by atoms with van der Waals surface area (Å²) < 4.78 is 29.5. The Morgan fingerprint density at radius 2 is 1.52 bits per heavy atom. The van der Waals surface area contributed by atoms with E-state index >= 15 is 0 Å². The number of ether oxygens (including phenoxy) is 5. The van der Waals surface area contributed by atoms with Gasteiger partial charge in [-0.25, -0.2) is 0 Å². The van der Waals surface area contributed by atoms with Crippen molar-refractivity contribution in [1.82, 2.24) is 10.6 Å². The summed E-state index contributed by atoms with van der Waals surface area (Å²) in [6.07, 6.45) is -14.7. The van der Waals surface area contributed by atoms with Crippen molar-refractivity contribution in [2.75, 3.05) is 13.7 Å². The van der Waals surface area contributed by atoms with Crippen molar-refractivity contribution in [1.29, 1.82) is 0 Å². The molecule has 0 aromatic carbocycles. The number of likely N-dealkylation sites (N-methyl/N-ethyl adjacent to an activating group) is 1. The SMILES string of the molecule is CNC1C(O[C@H]2OC(CO)[C@@H](NC(=O)[C@@H](C)N)[C@@H](O)C2O)O[C@H]2CC(N)[C@@H](O[C@H]3C(N)C[C@@H](N)C(O)[C@H]3O)OC2C1O. The molecule has 4 fully saturated rings. The van der Waals surface area contributed by atoms with E-state index in [9.17, 15) is 35.4 Å². The Balaban J connectivity index is 1.42. The van der Waals surface area contributed by atoms with Crippen LogP contribution in [0.4, 0.5) is 0 Å². The Hall–Kier alpha value is -1.17. The zero-order chi connectivity index (χ0) is 31.0. The van der Waals surface area contributed by atoms with Crippen LogP contribution in [0.5, 0.6) is 0 Å². The second-order valence-electron chi connectivity index (χ2n) is 11.5. The van der Waals surface area contributed by atoms with E-state index in [4.69, 9.17) is 46.6 Å². The minimum atomic E-state index is -1.68. The zero-order valence-electron chi connectivity index (χ0n) is 23.5. The number of nitrogens with two attached hydrogens (primary N) is 4. The number of hydrogen-bond acceptors (Lipinski definition) is 17. The summed E-state index contributed by atoms with van der Waals surface area (Å²) in [5.41, 5.74) is 23.8. The molecule has 244 valence electrons. The van der Waals surface area contributed by atoms with Crippen LogP contribution in [-0.2, 0) is 28.5 Å². The minimum Gasteiger partial charge on any atom is -0.394 e. The zero-order valence-corrected chi connectivity index (χ0v) is 23.5. The monoisotopic (exact) mass is 610 g/mol. The van der Waals surface area contributed by atoms with Gasteiger partial charge in [0.2, 0.25) is 5.91 Å². The molecule has 0 aromatic heterocycles. The molecule has 0 radical (unpaired) electrons. The summed E-state index contributed by atoms with van der Waals surface area (Å²) in [6.45, 7) is 0.802. The van der Waals surface area contributed by atoms with Crippen molar-refractivity contribution in [3.05, 3.63) is 0 Å². The molecule has 1 aliphatic carbocycles. The van der Waals surface area contributed by atoms with E-state index in [1.807, 2.05) is 0 Å². The summed E-state index contributed by atoms with van der Waals surface area (Å²) in [5, 5.41) is 68.5. The van der Waals surface area contributed by atoms with E-state index < -0.39 is 123 Å². The number of nitrogens with one attached hydrogen (secondary N) is 2. The number of rotatable bonds is 8. The van der Waals surface area contributed by atoms with E-state index in [1.165, 1.54) is 14.0 Å². The fourth-order valence-corrected chi connectivity index (χ4v) is 5.90. The van der Waals surface area contributed by atoms with Crippen LogP contribution in [-0.4, -0.2) is 160 Å². The first-order valence-corrected chi connectivity index (χ1v) is 14.1. The summed E-state index contributed by atoms with van der Waals surface area (Å²) >= 11 is 0. The van der Waals surface area contributed by atoms with Crippen molar-refractivity contribution in [2.24, 2.45) is 22.9 Å². The highest BCUT2D eigenvalue weighted by Gasteiger charge is 2.54. The molecule has 4 aliphatic rings. The van der Waals surface area contributed by atoms with Gasteiger partial charge in [-0.15, -0.1) is 0 Å². The van der Waals surface area contributed by atoms with Crippen molar-refractivity contribution >= 4 is 5.91 Å². The molecule has 42 heavy (non-hydrogen) atoms.